The second kappa shape index (κ2) is 7.83. The molecule has 0 amide bonds. The van der Waals surface area contributed by atoms with Gasteiger partial charge in [0.2, 0.25) is 0 Å². The molecule has 0 aliphatic rings. The summed E-state index contributed by atoms with van der Waals surface area (Å²) in [7, 11) is 1.63. The molecule has 3 N–H and O–H groups in total. The SMILES string of the molecule is CN=C(N)NCCc1ccn(-c2ccc(F)cc2)n1.I. The first-order valence-electron chi connectivity index (χ1n) is 5.95. The maximum absolute atomic E-state index is 12.8. The van der Waals surface area contributed by atoms with Crippen LogP contribution in [-0.4, -0.2) is 29.3 Å². The van der Waals surface area contributed by atoms with Crippen LogP contribution in [0, 0.1) is 5.82 Å². The number of nitrogens with one attached hydrogen (secondary N) is 1. The molecule has 0 aliphatic heterocycles. The van der Waals surface area contributed by atoms with E-state index in [1.165, 1.54) is 12.1 Å². The molecule has 0 atom stereocenters. The average Bonchev–Trinajstić information content (AvgIpc) is 2.88. The smallest absolute Gasteiger partial charge is 0.188 e. The molecule has 0 spiro atoms. The van der Waals surface area contributed by atoms with E-state index < -0.39 is 0 Å². The zero-order chi connectivity index (χ0) is 13.7. The number of rotatable bonds is 4. The monoisotopic (exact) mass is 389 g/mol. The van der Waals surface area contributed by atoms with Crippen LogP contribution < -0.4 is 11.1 Å². The van der Waals surface area contributed by atoms with E-state index in [1.54, 1.807) is 23.9 Å². The third kappa shape index (κ3) is 4.48. The zero-order valence-electron chi connectivity index (χ0n) is 11.1. The highest BCUT2D eigenvalue weighted by Crippen LogP contribution is 2.08. The molecule has 0 radical (unpaired) electrons. The number of hydrogen-bond acceptors (Lipinski definition) is 2. The van der Waals surface area contributed by atoms with Crippen LogP contribution in [-0.2, 0) is 6.42 Å². The van der Waals surface area contributed by atoms with E-state index in [9.17, 15) is 4.39 Å². The first-order valence-corrected chi connectivity index (χ1v) is 5.95. The molecular formula is C13H17FIN5. The fourth-order valence-electron chi connectivity index (χ4n) is 1.63. The number of benzene rings is 1. The summed E-state index contributed by atoms with van der Waals surface area (Å²) in [6, 6.07) is 8.12. The van der Waals surface area contributed by atoms with Gasteiger partial charge in [-0.15, -0.1) is 24.0 Å². The lowest BCUT2D eigenvalue weighted by Gasteiger charge is -2.03. The van der Waals surface area contributed by atoms with E-state index in [-0.39, 0.29) is 29.8 Å². The number of hydrogen-bond donors (Lipinski definition) is 2. The van der Waals surface area contributed by atoms with Crippen molar-refractivity contribution in [2.24, 2.45) is 10.7 Å². The molecule has 0 bridgehead atoms. The van der Waals surface area contributed by atoms with Crippen LogP contribution in [0.25, 0.3) is 5.69 Å². The molecule has 2 rings (SSSR count). The Bertz CT molecular complexity index is 564. The van der Waals surface area contributed by atoms with Crippen LogP contribution >= 0.6 is 24.0 Å². The molecule has 0 fully saturated rings. The fraction of sp³-hybridized carbons (Fsp3) is 0.231. The molecule has 0 saturated heterocycles. The molecule has 0 saturated carbocycles. The van der Waals surface area contributed by atoms with Crippen LogP contribution in [0.15, 0.2) is 41.5 Å². The minimum Gasteiger partial charge on any atom is -0.370 e. The van der Waals surface area contributed by atoms with E-state index in [1.807, 2.05) is 12.3 Å². The zero-order valence-corrected chi connectivity index (χ0v) is 13.4. The summed E-state index contributed by atoms with van der Waals surface area (Å²) in [6.07, 6.45) is 2.59. The molecule has 1 aromatic carbocycles. The molecule has 2 aromatic rings. The molecule has 1 heterocycles. The minimum atomic E-state index is -0.255. The topological polar surface area (TPSA) is 68.2 Å². The molecule has 0 aliphatic carbocycles. The molecule has 1 aromatic heterocycles. The molecule has 20 heavy (non-hydrogen) atoms. The van der Waals surface area contributed by atoms with Gasteiger partial charge >= 0.3 is 0 Å². The quantitative estimate of drug-likeness (QED) is 0.475. The number of aromatic nitrogens is 2. The van der Waals surface area contributed by atoms with Crippen molar-refractivity contribution in [2.45, 2.75) is 6.42 Å². The molecule has 5 nitrogen and oxygen atoms in total. The van der Waals surface area contributed by atoms with Crippen LogP contribution in [0.3, 0.4) is 0 Å². The Kier molecular flexibility index (Phi) is 6.43. The number of nitrogens with zero attached hydrogens (tertiary/aromatic N) is 3. The third-order valence-electron chi connectivity index (χ3n) is 2.66. The summed E-state index contributed by atoms with van der Waals surface area (Å²) < 4.78 is 14.5. The lowest BCUT2D eigenvalue weighted by atomic mass is 10.3. The largest absolute Gasteiger partial charge is 0.370 e. The molecular weight excluding hydrogens is 372 g/mol. The molecule has 7 heteroatoms. The van der Waals surface area contributed by atoms with E-state index in [2.05, 4.69) is 15.4 Å². The van der Waals surface area contributed by atoms with Gasteiger partial charge in [-0.3, -0.25) is 4.99 Å². The summed E-state index contributed by atoms with van der Waals surface area (Å²) in [5, 5.41) is 7.37. The average molecular weight is 389 g/mol. The van der Waals surface area contributed by atoms with Gasteiger partial charge in [0.1, 0.15) is 5.82 Å². The van der Waals surface area contributed by atoms with Crippen molar-refractivity contribution in [1.82, 2.24) is 15.1 Å². The van der Waals surface area contributed by atoms with E-state index in [4.69, 9.17) is 5.73 Å². The minimum absolute atomic E-state index is 0. The van der Waals surface area contributed by atoms with Crippen molar-refractivity contribution in [3.8, 4) is 5.69 Å². The highest BCUT2D eigenvalue weighted by molar-refractivity contribution is 14.0. The van der Waals surface area contributed by atoms with Crippen molar-refractivity contribution in [3.05, 3.63) is 48.0 Å². The van der Waals surface area contributed by atoms with Crippen LogP contribution in [0.2, 0.25) is 0 Å². The van der Waals surface area contributed by atoms with Gasteiger partial charge in [0.25, 0.3) is 0 Å². The van der Waals surface area contributed by atoms with E-state index >= 15 is 0 Å². The number of guanidine groups is 1. The number of aliphatic imine (C=N–C) groups is 1. The van der Waals surface area contributed by atoms with Gasteiger partial charge in [-0.1, -0.05) is 0 Å². The normalized spacial score (nSPS) is 11.0. The summed E-state index contributed by atoms with van der Waals surface area (Å²) in [5.74, 6) is 0.160. The summed E-state index contributed by atoms with van der Waals surface area (Å²) >= 11 is 0. The first kappa shape index (κ1) is 16.4. The Hall–Kier alpha value is -1.64. The second-order valence-electron chi connectivity index (χ2n) is 4.01. The van der Waals surface area contributed by atoms with Crippen LogP contribution in [0.5, 0.6) is 0 Å². The predicted molar refractivity (Wildman–Crippen MR) is 88.2 cm³/mol. The number of nitrogens with two attached hydrogens (primary N) is 1. The van der Waals surface area contributed by atoms with Crippen molar-refractivity contribution < 1.29 is 4.39 Å². The summed E-state index contributed by atoms with van der Waals surface area (Å²) in [5.41, 5.74) is 7.29. The Balaban J connectivity index is 0.00000200. The highest BCUT2D eigenvalue weighted by atomic mass is 127. The van der Waals surface area contributed by atoms with Gasteiger partial charge in [0.15, 0.2) is 5.96 Å². The Labute approximate surface area is 134 Å². The maximum Gasteiger partial charge on any atom is 0.188 e. The van der Waals surface area contributed by atoms with Gasteiger partial charge in [0.05, 0.1) is 11.4 Å². The van der Waals surface area contributed by atoms with Gasteiger partial charge in [0, 0.05) is 26.2 Å². The predicted octanol–water partition coefficient (Wildman–Crippen LogP) is 1.71. The van der Waals surface area contributed by atoms with Crippen molar-refractivity contribution in [1.29, 1.82) is 0 Å². The standard InChI is InChI=1S/C13H16FN5.HI/c1-16-13(15)17-8-6-11-7-9-19(18-11)12-4-2-10(14)3-5-12;/h2-5,7,9H,6,8H2,1H3,(H3,15,16,17);1H. The van der Waals surface area contributed by atoms with Crippen molar-refractivity contribution in [2.75, 3.05) is 13.6 Å². The fourth-order valence-corrected chi connectivity index (χ4v) is 1.63. The third-order valence-corrected chi connectivity index (χ3v) is 2.66. The molecule has 108 valence electrons. The number of halogens is 2. The summed E-state index contributed by atoms with van der Waals surface area (Å²) in [6.45, 7) is 0.670. The van der Waals surface area contributed by atoms with E-state index in [0.717, 1.165) is 17.8 Å². The first-order chi connectivity index (χ1) is 9.19. The highest BCUT2D eigenvalue weighted by Gasteiger charge is 2.01. The van der Waals surface area contributed by atoms with Crippen molar-refractivity contribution in [3.63, 3.8) is 0 Å². The van der Waals surface area contributed by atoms with Gasteiger partial charge in [-0.25, -0.2) is 9.07 Å². The van der Waals surface area contributed by atoms with Crippen molar-refractivity contribution >= 4 is 29.9 Å². The van der Waals surface area contributed by atoms with Gasteiger partial charge < -0.3 is 11.1 Å². The second-order valence-corrected chi connectivity index (χ2v) is 4.01. The Morgan fingerprint density at radius 2 is 2.05 bits per heavy atom. The summed E-state index contributed by atoms with van der Waals surface area (Å²) in [4.78, 5) is 3.80. The lowest BCUT2D eigenvalue weighted by molar-refractivity contribution is 0.627. The van der Waals surface area contributed by atoms with Crippen LogP contribution in [0.1, 0.15) is 5.69 Å². The lowest BCUT2D eigenvalue weighted by Crippen LogP contribution is -2.32. The molecule has 0 unspecified atom stereocenters. The van der Waals surface area contributed by atoms with E-state index in [0.29, 0.717) is 12.5 Å². The Morgan fingerprint density at radius 1 is 1.35 bits per heavy atom. The van der Waals surface area contributed by atoms with Gasteiger partial charge in [-0.05, 0) is 30.3 Å². The Morgan fingerprint density at radius 3 is 2.70 bits per heavy atom. The van der Waals surface area contributed by atoms with Crippen LogP contribution in [0.4, 0.5) is 4.39 Å². The maximum atomic E-state index is 12.8. The van der Waals surface area contributed by atoms with Gasteiger partial charge in [-0.2, -0.15) is 5.10 Å².